The second-order valence-electron chi connectivity index (χ2n) is 7.07. The van der Waals surface area contributed by atoms with E-state index in [1.54, 1.807) is 36.4 Å². The van der Waals surface area contributed by atoms with Gasteiger partial charge in [0.05, 0.1) is 6.10 Å². The molecule has 3 aromatic rings. The Kier molecular flexibility index (Phi) is 6.28. The molecule has 0 radical (unpaired) electrons. The number of carbonyl (C=O) groups excluding carboxylic acids is 2. The molecule has 0 spiro atoms. The maximum absolute atomic E-state index is 12.4. The molecule has 2 aromatic carbocycles. The Balaban J connectivity index is 1.40. The van der Waals surface area contributed by atoms with Crippen LogP contribution in [-0.4, -0.2) is 37.7 Å². The molecule has 1 amide bonds. The van der Waals surface area contributed by atoms with Crippen LogP contribution in [0.4, 0.5) is 0 Å². The summed E-state index contributed by atoms with van der Waals surface area (Å²) in [6, 6.07) is 14.9. The first-order valence-corrected chi connectivity index (χ1v) is 9.95. The molecule has 1 aliphatic rings. The summed E-state index contributed by atoms with van der Waals surface area (Å²) >= 11 is 0. The van der Waals surface area contributed by atoms with Gasteiger partial charge in [-0.1, -0.05) is 18.2 Å². The number of fused-ring (bicyclic) bond motifs is 1. The van der Waals surface area contributed by atoms with E-state index in [-0.39, 0.29) is 29.6 Å². The van der Waals surface area contributed by atoms with E-state index in [4.69, 9.17) is 18.6 Å². The molecule has 8 heteroatoms. The second-order valence-corrected chi connectivity index (χ2v) is 7.07. The number of hydrogen-bond donors (Lipinski definition) is 1. The normalized spacial score (nSPS) is 15.5. The van der Waals surface area contributed by atoms with Gasteiger partial charge in [-0.25, -0.2) is 9.59 Å². The van der Waals surface area contributed by atoms with Crippen molar-refractivity contribution in [1.29, 1.82) is 0 Å². The van der Waals surface area contributed by atoms with Gasteiger partial charge < -0.3 is 23.9 Å². The zero-order valence-corrected chi connectivity index (χ0v) is 16.7. The molecular formula is C23H21NO7. The van der Waals surface area contributed by atoms with E-state index in [2.05, 4.69) is 5.32 Å². The number of ether oxygens (including phenoxy) is 3. The fraction of sp³-hybridized carbons (Fsp3) is 0.261. The molecule has 8 nitrogen and oxygen atoms in total. The van der Waals surface area contributed by atoms with Crippen molar-refractivity contribution in [3.8, 4) is 11.5 Å². The summed E-state index contributed by atoms with van der Waals surface area (Å²) in [5.74, 6) is -0.363. The standard InChI is InChI=1S/C23H21NO7/c25-21(14-29-16-5-2-1-3-6-16)30-17-9-8-15-11-19(23(27)31-20(15)12-17)22(26)24-13-18-7-4-10-28-18/h1-3,5-6,8-9,11-12,18H,4,7,10,13-14H2,(H,24,26). The maximum atomic E-state index is 12.4. The summed E-state index contributed by atoms with van der Waals surface area (Å²) in [5.41, 5.74) is -0.658. The second kappa shape index (κ2) is 9.44. The average molecular weight is 423 g/mol. The molecule has 1 aromatic heterocycles. The SMILES string of the molecule is O=C(COc1ccccc1)Oc1ccc2cc(C(=O)NCC3CCCO3)c(=O)oc2c1. The predicted octanol–water partition coefficient (Wildman–Crippen LogP) is 2.69. The van der Waals surface area contributed by atoms with E-state index in [1.165, 1.54) is 12.1 Å². The van der Waals surface area contributed by atoms with Gasteiger partial charge in [0.15, 0.2) is 6.61 Å². The van der Waals surface area contributed by atoms with Crippen LogP contribution in [-0.2, 0) is 9.53 Å². The van der Waals surface area contributed by atoms with Gasteiger partial charge in [-0.05, 0) is 43.2 Å². The van der Waals surface area contributed by atoms with Crippen molar-refractivity contribution in [2.24, 2.45) is 0 Å². The highest BCUT2D eigenvalue weighted by molar-refractivity contribution is 5.96. The summed E-state index contributed by atoms with van der Waals surface area (Å²) in [5, 5.41) is 3.23. The number of amides is 1. The van der Waals surface area contributed by atoms with Crippen molar-refractivity contribution in [3.05, 3.63) is 70.6 Å². The average Bonchev–Trinajstić information content (AvgIpc) is 3.30. The summed E-state index contributed by atoms with van der Waals surface area (Å²) in [6.07, 6.45) is 1.81. The monoisotopic (exact) mass is 423 g/mol. The number of carbonyl (C=O) groups is 2. The molecular weight excluding hydrogens is 402 g/mol. The molecule has 0 saturated carbocycles. The molecule has 2 heterocycles. The maximum Gasteiger partial charge on any atom is 0.349 e. The van der Waals surface area contributed by atoms with Crippen LogP contribution < -0.4 is 20.4 Å². The number of nitrogens with one attached hydrogen (secondary N) is 1. The van der Waals surface area contributed by atoms with E-state index in [0.717, 1.165) is 12.8 Å². The molecule has 160 valence electrons. The Bertz CT molecular complexity index is 1130. The highest BCUT2D eigenvalue weighted by Crippen LogP contribution is 2.21. The quantitative estimate of drug-likeness (QED) is 0.354. The van der Waals surface area contributed by atoms with E-state index < -0.39 is 17.5 Å². The van der Waals surface area contributed by atoms with E-state index >= 15 is 0 Å². The lowest BCUT2D eigenvalue weighted by Gasteiger charge is -2.10. The molecule has 1 atom stereocenters. The molecule has 31 heavy (non-hydrogen) atoms. The molecule has 1 unspecified atom stereocenters. The number of benzene rings is 2. The molecule has 1 aliphatic heterocycles. The Morgan fingerprint density at radius 2 is 1.90 bits per heavy atom. The van der Waals surface area contributed by atoms with Crippen molar-refractivity contribution in [1.82, 2.24) is 5.32 Å². The van der Waals surface area contributed by atoms with Crippen LogP contribution in [0.3, 0.4) is 0 Å². The topological polar surface area (TPSA) is 104 Å². The Morgan fingerprint density at radius 1 is 1.06 bits per heavy atom. The third-order valence-electron chi connectivity index (χ3n) is 4.80. The summed E-state index contributed by atoms with van der Waals surface area (Å²) < 4.78 is 21.3. The van der Waals surface area contributed by atoms with Crippen LogP contribution >= 0.6 is 0 Å². The van der Waals surface area contributed by atoms with Crippen LogP contribution in [0.1, 0.15) is 23.2 Å². The van der Waals surface area contributed by atoms with Crippen LogP contribution in [0.2, 0.25) is 0 Å². The van der Waals surface area contributed by atoms with E-state index in [0.29, 0.717) is 24.3 Å². The van der Waals surface area contributed by atoms with Gasteiger partial charge in [0.1, 0.15) is 22.6 Å². The molecule has 0 bridgehead atoms. The highest BCUT2D eigenvalue weighted by Gasteiger charge is 2.19. The van der Waals surface area contributed by atoms with Gasteiger partial charge in [0.25, 0.3) is 5.91 Å². The lowest BCUT2D eigenvalue weighted by atomic mass is 10.1. The van der Waals surface area contributed by atoms with Gasteiger partial charge in [0, 0.05) is 24.6 Å². The van der Waals surface area contributed by atoms with Crippen molar-refractivity contribution >= 4 is 22.8 Å². The first kappa shape index (κ1) is 20.6. The third kappa shape index (κ3) is 5.29. The fourth-order valence-corrected chi connectivity index (χ4v) is 3.24. The Labute approximate surface area is 177 Å². The third-order valence-corrected chi connectivity index (χ3v) is 4.80. The first-order valence-electron chi connectivity index (χ1n) is 9.95. The number of hydrogen-bond acceptors (Lipinski definition) is 7. The van der Waals surface area contributed by atoms with Crippen molar-refractivity contribution in [2.45, 2.75) is 18.9 Å². The van der Waals surface area contributed by atoms with Gasteiger partial charge in [0.2, 0.25) is 0 Å². The minimum absolute atomic E-state index is 0.0282. The zero-order chi connectivity index (χ0) is 21.6. The van der Waals surface area contributed by atoms with Gasteiger partial charge in [-0.15, -0.1) is 0 Å². The predicted molar refractivity (Wildman–Crippen MR) is 111 cm³/mol. The van der Waals surface area contributed by atoms with Gasteiger partial charge >= 0.3 is 11.6 Å². The van der Waals surface area contributed by atoms with Crippen LogP contribution in [0.5, 0.6) is 11.5 Å². The van der Waals surface area contributed by atoms with Crippen molar-refractivity contribution in [3.63, 3.8) is 0 Å². The highest BCUT2D eigenvalue weighted by atomic mass is 16.6. The van der Waals surface area contributed by atoms with Gasteiger partial charge in [-0.3, -0.25) is 4.79 Å². The molecule has 1 N–H and O–H groups in total. The van der Waals surface area contributed by atoms with Crippen molar-refractivity contribution < 1.29 is 28.2 Å². The lowest BCUT2D eigenvalue weighted by molar-refractivity contribution is -0.136. The summed E-state index contributed by atoms with van der Waals surface area (Å²) in [7, 11) is 0. The summed E-state index contributed by atoms with van der Waals surface area (Å²) in [4.78, 5) is 36.6. The van der Waals surface area contributed by atoms with Crippen LogP contribution in [0, 0.1) is 0 Å². The Hall–Kier alpha value is -3.65. The molecule has 1 saturated heterocycles. The summed E-state index contributed by atoms with van der Waals surface area (Å²) in [6.45, 7) is 0.760. The fourth-order valence-electron chi connectivity index (χ4n) is 3.24. The largest absolute Gasteiger partial charge is 0.482 e. The molecule has 0 aliphatic carbocycles. The smallest absolute Gasteiger partial charge is 0.349 e. The number of rotatable bonds is 7. The van der Waals surface area contributed by atoms with Crippen LogP contribution in [0.15, 0.2) is 63.8 Å². The molecule has 4 rings (SSSR count). The Morgan fingerprint density at radius 3 is 2.68 bits per heavy atom. The lowest BCUT2D eigenvalue weighted by Crippen LogP contribution is -2.34. The number of esters is 1. The molecule has 1 fully saturated rings. The first-order chi connectivity index (χ1) is 15.1. The van der Waals surface area contributed by atoms with Gasteiger partial charge in [-0.2, -0.15) is 0 Å². The van der Waals surface area contributed by atoms with Crippen LogP contribution in [0.25, 0.3) is 11.0 Å². The van der Waals surface area contributed by atoms with E-state index in [9.17, 15) is 14.4 Å². The van der Waals surface area contributed by atoms with Crippen molar-refractivity contribution in [2.75, 3.05) is 19.8 Å². The minimum Gasteiger partial charge on any atom is -0.482 e. The minimum atomic E-state index is -0.770. The zero-order valence-electron chi connectivity index (χ0n) is 16.7. The number of para-hydroxylation sites is 1. The van der Waals surface area contributed by atoms with E-state index in [1.807, 2.05) is 6.07 Å².